The Labute approximate surface area is 194 Å². The zero-order valence-corrected chi connectivity index (χ0v) is 18.7. The molecule has 2 N–H and O–H groups in total. The van der Waals surface area contributed by atoms with E-state index in [1.54, 1.807) is 36.4 Å². The Hall–Kier alpha value is -3.43. The molecular weight excluding hydrogens is 448 g/mol. The number of aromatic nitrogens is 2. The monoisotopic (exact) mass is 470 g/mol. The molecule has 0 bridgehead atoms. The lowest BCUT2D eigenvalue weighted by Gasteiger charge is -2.13. The van der Waals surface area contributed by atoms with Gasteiger partial charge in [0.2, 0.25) is 5.91 Å². The van der Waals surface area contributed by atoms with Crippen LogP contribution in [-0.2, 0) is 9.53 Å². The van der Waals surface area contributed by atoms with Crippen LogP contribution < -0.4 is 20.9 Å². The predicted molar refractivity (Wildman–Crippen MR) is 123 cm³/mol. The van der Waals surface area contributed by atoms with Gasteiger partial charge in [0.25, 0.3) is 11.5 Å². The van der Waals surface area contributed by atoms with Crippen molar-refractivity contribution in [3.05, 3.63) is 63.5 Å². The van der Waals surface area contributed by atoms with Gasteiger partial charge in [0.15, 0.2) is 5.69 Å². The zero-order valence-electron chi connectivity index (χ0n) is 18.0. The first kappa shape index (κ1) is 22.8. The van der Waals surface area contributed by atoms with Gasteiger partial charge in [0, 0.05) is 18.5 Å². The largest absolute Gasteiger partial charge is 0.495 e. The molecule has 1 fully saturated rings. The maximum Gasteiger partial charge on any atom is 0.279 e. The smallest absolute Gasteiger partial charge is 0.279 e. The summed E-state index contributed by atoms with van der Waals surface area (Å²) in [4.78, 5) is 38.2. The second-order valence-corrected chi connectivity index (χ2v) is 7.96. The Morgan fingerprint density at radius 1 is 1.21 bits per heavy atom. The van der Waals surface area contributed by atoms with E-state index >= 15 is 0 Å². The summed E-state index contributed by atoms with van der Waals surface area (Å²) in [5.41, 5.74) is -0.0123. The maximum absolute atomic E-state index is 13.1. The van der Waals surface area contributed by atoms with Crippen molar-refractivity contribution in [2.24, 2.45) is 0 Å². The fourth-order valence-corrected chi connectivity index (χ4v) is 3.91. The fourth-order valence-electron chi connectivity index (χ4n) is 3.66. The van der Waals surface area contributed by atoms with Crippen LogP contribution in [0.1, 0.15) is 23.3 Å². The highest BCUT2D eigenvalue weighted by molar-refractivity contribution is 6.32. The van der Waals surface area contributed by atoms with E-state index in [0.717, 1.165) is 17.5 Å². The third kappa shape index (κ3) is 4.99. The summed E-state index contributed by atoms with van der Waals surface area (Å²) >= 11 is 6.21. The van der Waals surface area contributed by atoms with Crippen molar-refractivity contribution in [2.45, 2.75) is 18.9 Å². The van der Waals surface area contributed by atoms with E-state index in [0.29, 0.717) is 40.4 Å². The minimum atomic E-state index is -0.577. The number of fused-ring (bicyclic) bond motifs is 1. The van der Waals surface area contributed by atoms with Crippen LogP contribution in [-0.4, -0.2) is 54.5 Å². The van der Waals surface area contributed by atoms with Crippen molar-refractivity contribution in [2.75, 3.05) is 26.8 Å². The first-order valence-electron chi connectivity index (χ1n) is 10.5. The first-order chi connectivity index (χ1) is 16.0. The van der Waals surface area contributed by atoms with Crippen molar-refractivity contribution in [3.8, 4) is 11.4 Å². The molecule has 1 aliphatic heterocycles. The van der Waals surface area contributed by atoms with Gasteiger partial charge in [-0.1, -0.05) is 29.8 Å². The van der Waals surface area contributed by atoms with Crippen LogP contribution in [0.2, 0.25) is 5.02 Å². The van der Waals surface area contributed by atoms with Gasteiger partial charge in [-0.05, 0) is 37.1 Å². The van der Waals surface area contributed by atoms with E-state index in [-0.39, 0.29) is 24.2 Å². The molecule has 0 radical (unpaired) electrons. The van der Waals surface area contributed by atoms with Crippen LogP contribution in [0.25, 0.3) is 16.5 Å². The molecule has 2 amide bonds. The van der Waals surface area contributed by atoms with Crippen LogP contribution in [0.15, 0.2) is 47.3 Å². The number of benzene rings is 2. The molecule has 0 aliphatic carbocycles. The fraction of sp³-hybridized carbons (Fsp3) is 0.304. The molecule has 1 aliphatic rings. The van der Waals surface area contributed by atoms with Crippen LogP contribution in [0.3, 0.4) is 0 Å². The van der Waals surface area contributed by atoms with E-state index < -0.39 is 11.5 Å². The lowest BCUT2D eigenvalue weighted by atomic mass is 10.1. The van der Waals surface area contributed by atoms with Gasteiger partial charge in [-0.25, -0.2) is 0 Å². The second-order valence-electron chi connectivity index (χ2n) is 7.55. The predicted octanol–water partition coefficient (Wildman–Crippen LogP) is 2.07. The van der Waals surface area contributed by atoms with Crippen molar-refractivity contribution in [3.63, 3.8) is 0 Å². The summed E-state index contributed by atoms with van der Waals surface area (Å²) in [7, 11) is 1.49. The topological polar surface area (TPSA) is 112 Å². The summed E-state index contributed by atoms with van der Waals surface area (Å²) in [6, 6.07) is 11.4. The molecule has 2 aromatic carbocycles. The Balaban J connectivity index is 1.59. The molecule has 4 rings (SSSR count). The normalized spacial score (nSPS) is 15.4. The van der Waals surface area contributed by atoms with Crippen molar-refractivity contribution < 1.29 is 19.1 Å². The minimum Gasteiger partial charge on any atom is -0.495 e. The number of nitrogens with zero attached hydrogens (tertiary/aromatic N) is 2. The lowest BCUT2D eigenvalue weighted by molar-refractivity contribution is -0.120. The van der Waals surface area contributed by atoms with Gasteiger partial charge in [-0.3, -0.25) is 14.4 Å². The Kier molecular flexibility index (Phi) is 6.90. The van der Waals surface area contributed by atoms with E-state index in [4.69, 9.17) is 21.1 Å². The van der Waals surface area contributed by atoms with Crippen molar-refractivity contribution >= 4 is 34.2 Å². The molecular formula is C23H23ClN4O5. The molecule has 10 heteroatoms. The molecule has 3 aromatic rings. The van der Waals surface area contributed by atoms with Gasteiger partial charge in [0.1, 0.15) is 5.75 Å². The quantitative estimate of drug-likeness (QED) is 0.547. The number of carbonyl (C=O) groups excluding carboxylic acids is 2. The molecule has 2 heterocycles. The summed E-state index contributed by atoms with van der Waals surface area (Å²) in [6.45, 7) is 0.874. The van der Waals surface area contributed by atoms with E-state index in [1.165, 1.54) is 13.2 Å². The molecule has 1 atom stereocenters. The Bertz CT molecular complexity index is 1250. The number of methoxy groups -OCH3 is 1. The van der Waals surface area contributed by atoms with Crippen LogP contribution >= 0.6 is 11.6 Å². The number of hydrogen-bond donors (Lipinski definition) is 2. The highest BCUT2D eigenvalue weighted by atomic mass is 35.5. The zero-order chi connectivity index (χ0) is 23.4. The SMILES string of the molecule is COc1ccc(-n2nc(C(=O)NCC(=O)NC[C@@H]3CCCO3)c3ccccc3c2=O)cc1Cl. The molecule has 0 saturated carbocycles. The van der Waals surface area contributed by atoms with E-state index in [2.05, 4.69) is 15.7 Å². The average molecular weight is 471 g/mol. The van der Waals surface area contributed by atoms with Gasteiger partial charge in [-0.15, -0.1) is 0 Å². The highest BCUT2D eigenvalue weighted by Crippen LogP contribution is 2.26. The summed E-state index contributed by atoms with van der Waals surface area (Å²) in [5.74, 6) is -0.466. The van der Waals surface area contributed by atoms with Crippen LogP contribution in [0.5, 0.6) is 5.75 Å². The number of ether oxygens (including phenoxy) is 2. The number of hydrogen-bond acceptors (Lipinski definition) is 6. The standard InChI is InChI=1S/C23H23ClN4O5/c1-32-19-9-8-14(11-18(19)24)28-23(31)17-7-3-2-6-16(17)21(27-28)22(30)26-13-20(29)25-12-15-5-4-10-33-15/h2-3,6-9,11,15H,4-5,10,12-13H2,1H3,(H,25,29)(H,26,30)/t15-/m0/s1. The molecule has 172 valence electrons. The van der Waals surface area contributed by atoms with Crippen LogP contribution in [0, 0.1) is 0 Å². The van der Waals surface area contributed by atoms with E-state index in [1.807, 2.05) is 0 Å². The highest BCUT2D eigenvalue weighted by Gasteiger charge is 2.20. The van der Waals surface area contributed by atoms with Gasteiger partial charge < -0.3 is 20.1 Å². The number of halogens is 1. The first-order valence-corrected chi connectivity index (χ1v) is 10.9. The average Bonchev–Trinajstić information content (AvgIpc) is 3.35. The molecule has 1 saturated heterocycles. The van der Waals surface area contributed by atoms with Crippen molar-refractivity contribution in [1.82, 2.24) is 20.4 Å². The Morgan fingerprint density at radius 2 is 2.00 bits per heavy atom. The summed E-state index contributed by atoms with van der Waals surface area (Å²) in [5, 5.41) is 10.6. The molecule has 1 aromatic heterocycles. The third-order valence-electron chi connectivity index (χ3n) is 5.36. The van der Waals surface area contributed by atoms with Gasteiger partial charge in [0.05, 0.1) is 35.9 Å². The molecule has 33 heavy (non-hydrogen) atoms. The number of rotatable bonds is 7. The minimum absolute atomic E-state index is 0.00939. The summed E-state index contributed by atoms with van der Waals surface area (Å²) in [6.07, 6.45) is 1.89. The molecule has 0 spiro atoms. The maximum atomic E-state index is 13.1. The number of amides is 2. The molecule has 0 unspecified atom stereocenters. The summed E-state index contributed by atoms with van der Waals surface area (Å²) < 4.78 is 11.7. The number of carbonyl (C=O) groups is 2. The van der Waals surface area contributed by atoms with E-state index in [9.17, 15) is 14.4 Å². The number of nitrogens with one attached hydrogen (secondary N) is 2. The third-order valence-corrected chi connectivity index (χ3v) is 5.66. The lowest BCUT2D eigenvalue weighted by Crippen LogP contribution is -2.40. The van der Waals surface area contributed by atoms with Gasteiger partial charge in [-0.2, -0.15) is 9.78 Å². The van der Waals surface area contributed by atoms with Crippen LogP contribution in [0.4, 0.5) is 0 Å². The Morgan fingerprint density at radius 3 is 2.70 bits per heavy atom. The second kappa shape index (κ2) is 10.0. The van der Waals surface area contributed by atoms with Crippen molar-refractivity contribution in [1.29, 1.82) is 0 Å². The van der Waals surface area contributed by atoms with Gasteiger partial charge >= 0.3 is 0 Å². The molecule has 9 nitrogen and oxygen atoms in total.